The molecule has 3 nitrogen and oxygen atoms in total. The van der Waals surface area contributed by atoms with Crippen LogP contribution in [0.15, 0.2) is 22.9 Å². The maximum absolute atomic E-state index is 6.23. The van der Waals surface area contributed by atoms with Gasteiger partial charge in [-0.25, -0.2) is 4.98 Å². The van der Waals surface area contributed by atoms with E-state index in [1.54, 1.807) is 6.20 Å². The van der Waals surface area contributed by atoms with E-state index in [-0.39, 0.29) is 6.04 Å². The van der Waals surface area contributed by atoms with Gasteiger partial charge in [-0.3, -0.25) is 0 Å². The molecule has 0 spiro atoms. The SMILES string of the molecule is N[C@@H](c1ccnc(Br)c1)C1CCOCC1. The first kappa shape index (κ1) is 11.0. The van der Waals surface area contributed by atoms with Gasteiger partial charge in [-0.05, 0) is 52.4 Å². The molecule has 0 unspecified atom stereocenters. The van der Waals surface area contributed by atoms with E-state index < -0.39 is 0 Å². The molecule has 82 valence electrons. The van der Waals surface area contributed by atoms with Crippen molar-refractivity contribution in [2.75, 3.05) is 13.2 Å². The van der Waals surface area contributed by atoms with Gasteiger partial charge in [0.25, 0.3) is 0 Å². The number of nitrogens with zero attached hydrogens (tertiary/aromatic N) is 1. The average molecular weight is 271 g/mol. The average Bonchev–Trinajstić information content (AvgIpc) is 2.29. The lowest BCUT2D eigenvalue weighted by molar-refractivity contribution is 0.0583. The number of rotatable bonds is 2. The van der Waals surface area contributed by atoms with Gasteiger partial charge in [-0.15, -0.1) is 0 Å². The van der Waals surface area contributed by atoms with Gasteiger partial charge in [0.05, 0.1) is 0 Å². The summed E-state index contributed by atoms with van der Waals surface area (Å²) in [4.78, 5) is 4.10. The normalized spacial score (nSPS) is 20.1. The van der Waals surface area contributed by atoms with E-state index in [2.05, 4.69) is 20.9 Å². The molecule has 0 bridgehead atoms. The van der Waals surface area contributed by atoms with Gasteiger partial charge in [-0.2, -0.15) is 0 Å². The molecule has 4 heteroatoms. The standard InChI is InChI=1S/C11H15BrN2O/c12-10-7-9(1-4-14-10)11(13)8-2-5-15-6-3-8/h1,4,7-8,11H,2-3,5-6,13H2/t11-/m1/s1. The molecule has 2 rings (SSSR count). The van der Waals surface area contributed by atoms with E-state index in [1.165, 1.54) is 0 Å². The summed E-state index contributed by atoms with van der Waals surface area (Å²) in [7, 11) is 0. The van der Waals surface area contributed by atoms with Crippen molar-refractivity contribution in [3.05, 3.63) is 28.5 Å². The third-order valence-corrected chi connectivity index (χ3v) is 3.34. The molecular weight excluding hydrogens is 256 g/mol. The molecule has 0 aliphatic carbocycles. The topological polar surface area (TPSA) is 48.1 Å². The molecule has 0 amide bonds. The van der Waals surface area contributed by atoms with Crippen molar-refractivity contribution in [1.82, 2.24) is 4.98 Å². The lowest BCUT2D eigenvalue weighted by Crippen LogP contribution is -2.27. The van der Waals surface area contributed by atoms with E-state index in [4.69, 9.17) is 10.5 Å². The minimum Gasteiger partial charge on any atom is -0.381 e. The Kier molecular flexibility index (Phi) is 3.72. The number of halogens is 1. The molecule has 1 aliphatic rings. The van der Waals surface area contributed by atoms with E-state index in [0.717, 1.165) is 36.2 Å². The molecule has 2 heterocycles. The lowest BCUT2D eigenvalue weighted by Gasteiger charge is -2.27. The second-order valence-corrected chi connectivity index (χ2v) is 4.70. The summed E-state index contributed by atoms with van der Waals surface area (Å²) in [6.45, 7) is 1.68. The minimum absolute atomic E-state index is 0.105. The van der Waals surface area contributed by atoms with Crippen LogP contribution in [0.2, 0.25) is 0 Å². The zero-order valence-corrected chi connectivity index (χ0v) is 10.1. The van der Waals surface area contributed by atoms with Gasteiger partial charge in [-0.1, -0.05) is 0 Å². The summed E-state index contributed by atoms with van der Waals surface area (Å²) in [6.07, 6.45) is 3.90. The number of aromatic nitrogens is 1. The van der Waals surface area contributed by atoms with Gasteiger partial charge < -0.3 is 10.5 Å². The third kappa shape index (κ3) is 2.77. The smallest absolute Gasteiger partial charge is 0.106 e. The van der Waals surface area contributed by atoms with Crippen LogP contribution in [-0.4, -0.2) is 18.2 Å². The Bertz CT molecular complexity index is 326. The van der Waals surface area contributed by atoms with Crippen LogP contribution in [0.1, 0.15) is 24.4 Å². The van der Waals surface area contributed by atoms with Crippen LogP contribution in [0.4, 0.5) is 0 Å². The molecule has 2 N–H and O–H groups in total. The molecule has 1 aromatic rings. The highest BCUT2D eigenvalue weighted by atomic mass is 79.9. The van der Waals surface area contributed by atoms with Crippen LogP contribution < -0.4 is 5.73 Å². The lowest BCUT2D eigenvalue weighted by atomic mass is 9.88. The molecular formula is C11H15BrN2O. The summed E-state index contributed by atoms with van der Waals surface area (Å²) in [6, 6.07) is 4.10. The van der Waals surface area contributed by atoms with Gasteiger partial charge in [0.1, 0.15) is 4.60 Å². The van der Waals surface area contributed by atoms with Crippen LogP contribution in [0.25, 0.3) is 0 Å². The molecule has 1 saturated heterocycles. The maximum Gasteiger partial charge on any atom is 0.106 e. The van der Waals surface area contributed by atoms with Gasteiger partial charge in [0.15, 0.2) is 0 Å². The number of hydrogen-bond donors (Lipinski definition) is 1. The summed E-state index contributed by atoms with van der Waals surface area (Å²) >= 11 is 3.36. The first-order chi connectivity index (χ1) is 7.27. The Balaban J connectivity index is 2.08. The van der Waals surface area contributed by atoms with Crippen molar-refractivity contribution in [1.29, 1.82) is 0 Å². The maximum atomic E-state index is 6.23. The highest BCUT2D eigenvalue weighted by molar-refractivity contribution is 9.10. The Hall–Kier alpha value is -0.450. The molecule has 0 aromatic carbocycles. The summed E-state index contributed by atoms with van der Waals surface area (Å²) in [5, 5.41) is 0. The Labute approximate surface area is 98.2 Å². The van der Waals surface area contributed by atoms with Crippen molar-refractivity contribution in [2.45, 2.75) is 18.9 Å². The van der Waals surface area contributed by atoms with E-state index in [9.17, 15) is 0 Å². The molecule has 1 aromatic heterocycles. The van der Waals surface area contributed by atoms with Crippen LogP contribution in [0, 0.1) is 5.92 Å². The Morgan fingerprint density at radius 2 is 2.20 bits per heavy atom. The quantitative estimate of drug-likeness (QED) is 0.839. The minimum atomic E-state index is 0.105. The Morgan fingerprint density at radius 1 is 1.47 bits per heavy atom. The molecule has 1 aliphatic heterocycles. The predicted octanol–water partition coefficient (Wildman–Crippen LogP) is 2.27. The Morgan fingerprint density at radius 3 is 2.87 bits per heavy atom. The first-order valence-corrected chi connectivity index (χ1v) is 6.01. The van der Waals surface area contributed by atoms with Crippen molar-refractivity contribution >= 4 is 15.9 Å². The van der Waals surface area contributed by atoms with Crippen LogP contribution >= 0.6 is 15.9 Å². The number of ether oxygens (including phenoxy) is 1. The first-order valence-electron chi connectivity index (χ1n) is 5.22. The fraction of sp³-hybridized carbons (Fsp3) is 0.545. The highest BCUT2D eigenvalue weighted by Crippen LogP contribution is 2.28. The zero-order valence-electron chi connectivity index (χ0n) is 8.53. The van der Waals surface area contributed by atoms with Crippen molar-refractivity contribution in [3.63, 3.8) is 0 Å². The molecule has 1 fully saturated rings. The monoisotopic (exact) mass is 270 g/mol. The van der Waals surface area contributed by atoms with Crippen LogP contribution in [-0.2, 0) is 4.74 Å². The fourth-order valence-corrected chi connectivity index (χ4v) is 2.35. The van der Waals surface area contributed by atoms with Gasteiger partial charge in [0, 0.05) is 25.5 Å². The van der Waals surface area contributed by atoms with Crippen molar-refractivity contribution < 1.29 is 4.74 Å². The number of pyridine rings is 1. The second-order valence-electron chi connectivity index (χ2n) is 3.89. The van der Waals surface area contributed by atoms with Crippen LogP contribution in [0.5, 0.6) is 0 Å². The fourth-order valence-electron chi connectivity index (χ4n) is 1.97. The van der Waals surface area contributed by atoms with Crippen LogP contribution in [0.3, 0.4) is 0 Å². The third-order valence-electron chi connectivity index (χ3n) is 2.91. The number of nitrogens with two attached hydrogens (primary N) is 1. The van der Waals surface area contributed by atoms with Crippen molar-refractivity contribution in [3.8, 4) is 0 Å². The number of hydrogen-bond acceptors (Lipinski definition) is 3. The largest absolute Gasteiger partial charge is 0.381 e. The van der Waals surface area contributed by atoms with Gasteiger partial charge >= 0.3 is 0 Å². The molecule has 15 heavy (non-hydrogen) atoms. The molecule has 0 radical (unpaired) electrons. The van der Waals surface area contributed by atoms with Crippen molar-refractivity contribution in [2.24, 2.45) is 11.7 Å². The second kappa shape index (κ2) is 5.05. The van der Waals surface area contributed by atoms with Gasteiger partial charge in [0.2, 0.25) is 0 Å². The summed E-state index contributed by atoms with van der Waals surface area (Å²) in [5.41, 5.74) is 7.39. The summed E-state index contributed by atoms with van der Waals surface area (Å²) in [5.74, 6) is 0.535. The molecule has 1 atom stereocenters. The molecule has 0 saturated carbocycles. The zero-order chi connectivity index (χ0) is 10.7. The highest BCUT2D eigenvalue weighted by Gasteiger charge is 2.22. The predicted molar refractivity (Wildman–Crippen MR) is 62.4 cm³/mol. The van der Waals surface area contributed by atoms with E-state index in [1.807, 2.05) is 12.1 Å². The van der Waals surface area contributed by atoms with E-state index in [0.29, 0.717) is 5.92 Å². The summed E-state index contributed by atoms with van der Waals surface area (Å²) < 4.78 is 6.18. The van der Waals surface area contributed by atoms with E-state index >= 15 is 0 Å².